The van der Waals surface area contributed by atoms with Gasteiger partial charge in [-0.05, 0) is 39.8 Å². The lowest BCUT2D eigenvalue weighted by Crippen LogP contribution is -2.40. The summed E-state index contributed by atoms with van der Waals surface area (Å²) in [5.41, 5.74) is 1.43. The number of aromatic nitrogens is 5. The molecule has 0 amide bonds. The van der Waals surface area contributed by atoms with Gasteiger partial charge in [-0.2, -0.15) is 4.98 Å². The van der Waals surface area contributed by atoms with Crippen LogP contribution >= 0.6 is 11.6 Å². The Balaban J connectivity index is 2.11. The van der Waals surface area contributed by atoms with E-state index in [1.807, 2.05) is 32.3 Å². The molecule has 1 aromatic carbocycles. The van der Waals surface area contributed by atoms with Gasteiger partial charge in [0.1, 0.15) is 5.82 Å². The molecule has 0 saturated carbocycles. The SMILES string of the molecule is Cc1c(C)n2c3c(=O)n(Cc4c(F)cccc4Cl)c(=O)n(C)c3nc2n1C(C)C. The third-order valence-electron chi connectivity index (χ3n) is 5.45. The number of halogens is 2. The summed E-state index contributed by atoms with van der Waals surface area (Å²) in [6.45, 7) is 7.68. The van der Waals surface area contributed by atoms with Crippen molar-refractivity contribution in [2.45, 2.75) is 40.3 Å². The van der Waals surface area contributed by atoms with Crippen LogP contribution in [0.15, 0.2) is 27.8 Å². The number of hydrogen-bond acceptors (Lipinski definition) is 3. The molecule has 0 radical (unpaired) electrons. The summed E-state index contributed by atoms with van der Waals surface area (Å²) in [6, 6.07) is 4.38. The van der Waals surface area contributed by atoms with E-state index in [4.69, 9.17) is 11.6 Å². The summed E-state index contributed by atoms with van der Waals surface area (Å²) >= 11 is 6.12. The number of imidazole rings is 2. The van der Waals surface area contributed by atoms with Crippen LogP contribution in [0.4, 0.5) is 4.39 Å². The Morgan fingerprint density at radius 2 is 1.86 bits per heavy atom. The van der Waals surface area contributed by atoms with E-state index in [9.17, 15) is 14.0 Å². The predicted molar refractivity (Wildman–Crippen MR) is 111 cm³/mol. The molecule has 9 heteroatoms. The average molecular weight is 418 g/mol. The summed E-state index contributed by atoms with van der Waals surface area (Å²) in [6.07, 6.45) is 0. The smallest absolute Gasteiger partial charge is 0.311 e. The summed E-state index contributed by atoms with van der Waals surface area (Å²) < 4.78 is 20.4. The topological polar surface area (TPSA) is 66.2 Å². The molecule has 0 fully saturated rings. The second-order valence-corrected chi connectivity index (χ2v) is 7.89. The first-order valence-electron chi connectivity index (χ1n) is 9.27. The maximum absolute atomic E-state index is 14.3. The lowest BCUT2D eigenvalue weighted by atomic mass is 10.2. The van der Waals surface area contributed by atoms with Crippen molar-refractivity contribution in [2.24, 2.45) is 7.05 Å². The quantitative estimate of drug-likeness (QED) is 0.514. The first-order chi connectivity index (χ1) is 13.6. The van der Waals surface area contributed by atoms with E-state index in [0.29, 0.717) is 11.4 Å². The molecule has 0 unspecified atom stereocenters. The summed E-state index contributed by atoms with van der Waals surface area (Å²) in [7, 11) is 1.55. The van der Waals surface area contributed by atoms with E-state index < -0.39 is 17.1 Å². The van der Waals surface area contributed by atoms with Gasteiger partial charge in [0.05, 0.1) is 6.54 Å². The number of benzene rings is 1. The minimum absolute atomic E-state index is 0.0983. The first kappa shape index (κ1) is 19.4. The van der Waals surface area contributed by atoms with Gasteiger partial charge < -0.3 is 4.57 Å². The largest absolute Gasteiger partial charge is 0.332 e. The first-order valence-corrected chi connectivity index (χ1v) is 9.65. The Hall–Kier alpha value is -2.87. The normalized spacial score (nSPS) is 12.0. The molecule has 29 heavy (non-hydrogen) atoms. The summed E-state index contributed by atoms with van der Waals surface area (Å²) in [5, 5.41) is 0.162. The van der Waals surface area contributed by atoms with Gasteiger partial charge in [-0.15, -0.1) is 0 Å². The van der Waals surface area contributed by atoms with Crippen molar-refractivity contribution in [1.29, 1.82) is 0 Å². The van der Waals surface area contributed by atoms with Gasteiger partial charge in [0.15, 0.2) is 11.2 Å². The highest BCUT2D eigenvalue weighted by Gasteiger charge is 2.24. The van der Waals surface area contributed by atoms with Gasteiger partial charge in [-0.3, -0.25) is 18.3 Å². The van der Waals surface area contributed by atoms with Crippen molar-refractivity contribution in [3.63, 3.8) is 0 Å². The fourth-order valence-electron chi connectivity index (χ4n) is 3.87. The zero-order valence-corrected chi connectivity index (χ0v) is 17.6. The standard InChI is InChI=1S/C20H21ClFN5O2/c1-10(2)26-11(3)12(4)27-16-17(23-19(26)27)24(5)20(29)25(18(16)28)9-13-14(21)7-6-8-15(13)22/h6-8,10H,9H2,1-5H3. The fraction of sp³-hybridized carbons (Fsp3) is 0.350. The van der Waals surface area contributed by atoms with E-state index in [1.54, 1.807) is 11.4 Å². The van der Waals surface area contributed by atoms with Gasteiger partial charge in [-0.1, -0.05) is 17.7 Å². The van der Waals surface area contributed by atoms with Crippen LogP contribution in [0.1, 0.15) is 36.8 Å². The number of aryl methyl sites for hydroxylation is 2. The van der Waals surface area contributed by atoms with Crippen LogP contribution in [-0.4, -0.2) is 23.1 Å². The molecule has 4 aromatic rings. The van der Waals surface area contributed by atoms with Crippen LogP contribution in [0.5, 0.6) is 0 Å². The van der Waals surface area contributed by atoms with Crippen LogP contribution in [0.3, 0.4) is 0 Å². The minimum Gasteiger partial charge on any atom is -0.311 e. The predicted octanol–water partition coefficient (Wildman–Crippen LogP) is 3.19. The van der Waals surface area contributed by atoms with Crippen LogP contribution in [-0.2, 0) is 13.6 Å². The van der Waals surface area contributed by atoms with Crippen molar-refractivity contribution in [3.8, 4) is 0 Å². The highest BCUT2D eigenvalue weighted by molar-refractivity contribution is 6.31. The third-order valence-corrected chi connectivity index (χ3v) is 5.81. The Kier molecular flexibility index (Phi) is 4.42. The van der Waals surface area contributed by atoms with E-state index in [0.717, 1.165) is 16.0 Å². The molecule has 0 aliphatic carbocycles. The van der Waals surface area contributed by atoms with Crippen molar-refractivity contribution < 1.29 is 4.39 Å². The molecule has 0 saturated heterocycles. The van der Waals surface area contributed by atoms with E-state index >= 15 is 0 Å². The Morgan fingerprint density at radius 1 is 1.17 bits per heavy atom. The lowest BCUT2D eigenvalue weighted by molar-refractivity contribution is 0.582. The van der Waals surface area contributed by atoms with E-state index in [-0.39, 0.29) is 28.7 Å². The average Bonchev–Trinajstić information content (AvgIpc) is 3.15. The zero-order valence-electron chi connectivity index (χ0n) is 16.8. The molecule has 0 aliphatic heterocycles. The molecule has 0 bridgehead atoms. The number of fused-ring (bicyclic) bond motifs is 3. The van der Waals surface area contributed by atoms with Crippen LogP contribution in [0, 0.1) is 19.7 Å². The second kappa shape index (κ2) is 6.59. The lowest BCUT2D eigenvalue weighted by Gasteiger charge is -2.11. The zero-order chi connectivity index (χ0) is 21.2. The molecule has 7 nitrogen and oxygen atoms in total. The molecule has 0 atom stereocenters. The molecule has 152 valence electrons. The third kappa shape index (κ3) is 2.66. The van der Waals surface area contributed by atoms with Crippen molar-refractivity contribution in [2.75, 3.05) is 0 Å². The highest BCUT2D eigenvalue weighted by Crippen LogP contribution is 2.24. The van der Waals surface area contributed by atoms with Crippen LogP contribution < -0.4 is 11.2 Å². The van der Waals surface area contributed by atoms with Crippen LogP contribution in [0.25, 0.3) is 16.9 Å². The number of hydrogen-bond donors (Lipinski definition) is 0. The van der Waals surface area contributed by atoms with Gasteiger partial charge in [-0.25, -0.2) is 9.18 Å². The van der Waals surface area contributed by atoms with Gasteiger partial charge >= 0.3 is 5.69 Å². The summed E-state index contributed by atoms with van der Waals surface area (Å²) in [4.78, 5) is 30.9. The van der Waals surface area contributed by atoms with Gasteiger partial charge in [0.2, 0.25) is 5.78 Å². The molecule has 0 N–H and O–H groups in total. The second-order valence-electron chi connectivity index (χ2n) is 7.49. The van der Waals surface area contributed by atoms with Crippen LogP contribution in [0.2, 0.25) is 5.02 Å². The van der Waals surface area contributed by atoms with Crippen molar-refractivity contribution in [1.82, 2.24) is 23.1 Å². The fourth-order valence-corrected chi connectivity index (χ4v) is 4.10. The van der Waals surface area contributed by atoms with Gasteiger partial charge in [0, 0.05) is 35.1 Å². The number of nitrogens with zero attached hydrogens (tertiary/aromatic N) is 5. The Labute approximate surface area is 170 Å². The van der Waals surface area contributed by atoms with Crippen molar-refractivity contribution in [3.05, 3.63) is 66.8 Å². The van der Waals surface area contributed by atoms with Gasteiger partial charge in [0.25, 0.3) is 5.56 Å². The molecule has 0 aliphatic rings. The maximum atomic E-state index is 14.3. The molecule has 3 heterocycles. The highest BCUT2D eigenvalue weighted by atomic mass is 35.5. The Morgan fingerprint density at radius 3 is 2.48 bits per heavy atom. The molecular weight excluding hydrogens is 397 g/mol. The van der Waals surface area contributed by atoms with Crippen molar-refractivity contribution >= 4 is 28.5 Å². The monoisotopic (exact) mass is 417 g/mol. The summed E-state index contributed by atoms with van der Waals surface area (Å²) in [5.74, 6) is 0.0294. The molecule has 0 spiro atoms. The number of rotatable bonds is 3. The molecular formula is C20H21ClFN5O2. The van der Waals surface area contributed by atoms with E-state index in [1.165, 1.54) is 22.8 Å². The maximum Gasteiger partial charge on any atom is 0.332 e. The molecule has 3 aromatic heterocycles. The molecule has 4 rings (SSSR count). The minimum atomic E-state index is -0.576. The van der Waals surface area contributed by atoms with E-state index in [2.05, 4.69) is 4.98 Å². The Bertz CT molecular complexity index is 1390.